The van der Waals surface area contributed by atoms with Gasteiger partial charge in [-0.05, 0) is 61.2 Å². The van der Waals surface area contributed by atoms with Gasteiger partial charge in [-0.2, -0.15) is 0 Å². The molecule has 2 aromatic carbocycles. The molecule has 0 aliphatic heterocycles. The Bertz CT molecular complexity index is 1160. The number of carbonyl (C=O) groups is 1. The summed E-state index contributed by atoms with van der Waals surface area (Å²) in [5.74, 6) is 0.547. The molecule has 0 spiro atoms. The fourth-order valence-corrected chi connectivity index (χ4v) is 3.69. The highest BCUT2D eigenvalue weighted by atomic mass is 32.1. The minimum atomic E-state index is -0.220. The third-order valence-corrected chi connectivity index (χ3v) is 5.71. The van der Waals surface area contributed by atoms with Crippen molar-refractivity contribution in [3.8, 4) is 5.75 Å². The van der Waals surface area contributed by atoms with E-state index in [-0.39, 0.29) is 11.5 Å². The summed E-state index contributed by atoms with van der Waals surface area (Å²) in [6.45, 7) is 7.69. The number of rotatable bonds is 9. The zero-order chi connectivity index (χ0) is 22.4. The van der Waals surface area contributed by atoms with E-state index < -0.39 is 0 Å². The Morgan fingerprint density at radius 1 is 1.16 bits per heavy atom. The Hall–Kier alpha value is -2.97. The average molecular weight is 441 g/mol. The van der Waals surface area contributed by atoms with Crippen molar-refractivity contribution in [1.82, 2.24) is 19.8 Å². The summed E-state index contributed by atoms with van der Waals surface area (Å²) in [6.07, 6.45) is 0. The van der Waals surface area contributed by atoms with E-state index in [2.05, 4.69) is 29.0 Å². The number of carbonyl (C=O) groups excluding carboxylic acids is 1. The lowest BCUT2D eigenvalue weighted by Crippen LogP contribution is -2.31. The van der Waals surface area contributed by atoms with Crippen molar-refractivity contribution in [3.05, 3.63) is 68.7 Å². The molecular weight excluding hydrogens is 412 g/mol. The summed E-state index contributed by atoms with van der Waals surface area (Å²) in [5, 5.41) is 3.41. The number of likely N-dealkylation sites (N-methyl/N-ethyl adjacent to an activating group) is 1. The molecule has 0 aliphatic carbocycles. The highest BCUT2D eigenvalue weighted by molar-refractivity contribution is 7.71. The molecule has 8 heteroatoms. The van der Waals surface area contributed by atoms with Gasteiger partial charge in [-0.15, -0.1) is 0 Å². The van der Waals surface area contributed by atoms with E-state index in [1.807, 2.05) is 24.3 Å². The van der Waals surface area contributed by atoms with Crippen LogP contribution in [0.2, 0.25) is 0 Å². The fraction of sp³-hybridized carbons (Fsp3) is 0.348. The van der Waals surface area contributed by atoms with Crippen molar-refractivity contribution in [1.29, 1.82) is 0 Å². The third-order valence-electron chi connectivity index (χ3n) is 5.39. The molecule has 0 fully saturated rings. The highest BCUT2D eigenvalue weighted by Gasteiger charge is 2.11. The van der Waals surface area contributed by atoms with Crippen molar-refractivity contribution >= 4 is 29.0 Å². The summed E-state index contributed by atoms with van der Waals surface area (Å²) in [5.41, 5.74) is 1.85. The zero-order valence-electron chi connectivity index (χ0n) is 18.1. The number of hydrogen-bond donors (Lipinski definition) is 2. The molecule has 7 nitrogen and oxygen atoms in total. The summed E-state index contributed by atoms with van der Waals surface area (Å²) >= 11 is 5.41. The van der Waals surface area contributed by atoms with Crippen LogP contribution in [0.1, 0.15) is 29.8 Å². The maximum atomic E-state index is 12.9. The minimum Gasteiger partial charge on any atom is -0.497 e. The number of hydrogen-bond acceptors (Lipinski definition) is 5. The van der Waals surface area contributed by atoms with Crippen molar-refractivity contribution in [3.63, 3.8) is 0 Å². The van der Waals surface area contributed by atoms with Gasteiger partial charge in [-0.25, -0.2) is 0 Å². The van der Waals surface area contributed by atoms with Gasteiger partial charge in [0.1, 0.15) is 5.75 Å². The summed E-state index contributed by atoms with van der Waals surface area (Å²) in [7, 11) is 1.61. The van der Waals surface area contributed by atoms with Gasteiger partial charge in [-0.3, -0.25) is 14.2 Å². The van der Waals surface area contributed by atoms with E-state index in [9.17, 15) is 9.59 Å². The maximum Gasteiger partial charge on any atom is 0.262 e. The Kier molecular flexibility index (Phi) is 7.59. The number of methoxy groups -OCH3 is 1. The lowest BCUT2D eigenvalue weighted by atomic mass is 10.1. The molecule has 3 rings (SSSR count). The number of nitrogens with one attached hydrogen (secondary N) is 2. The highest BCUT2D eigenvalue weighted by Crippen LogP contribution is 2.13. The molecule has 31 heavy (non-hydrogen) atoms. The molecule has 0 bridgehead atoms. The zero-order valence-corrected chi connectivity index (χ0v) is 18.9. The monoisotopic (exact) mass is 440 g/mol. The standard InChI is InChI=1S/C23H28N4O3S/c1-4-26(5-2)12-13-27-22(29)19-11-8-17(14-20(19)25-23(27)31)21(28)24-15-16-6-9-18(30-3)10-7-16/h6-11,14H,4-5,12-13,15H2,1-3H3,(H,24,28)(H,25,31). The average Bonchev–Trinajstić information content (AvgIpc) is 2.79. The fourth-order valence-electron chi connectivity index (χ4n) is 3.41. The Morgan fingerprint density at radius 3 is 2.52 bits per heavy atom. The first-order chi connectivity index (χ1) is 15.0. The van der Waals surface area contributed by atoms with Gasteiger partial charge in [0.25, 0.3) is 11.5 Å². The van der Waals surface area contributed by atoms with Crippen LogP contribution in [0.3, 0.4) is 0 Å². The van der Waals surface area contributed by atoms with Crippen LogP contribution in [0.4, 0.5) is 0 Å². The molecule has 1 amide bonds. The number of benzene rings is 2. The number of amides is 1. The quantitative estimate of drug-likeness (QED) is 0.499. The molecule has 0 saturated carbocycles. The van der Waals surface area contributed by atoms with Crippen LogP contribution in [0.15, 0.2) is 47.3 Å². The van der Waals surface area contributed by atoms with Gasteiger partial charge < -0.3 is 19.9 Å². The molecular formula is C23H28N4O3S. The molecule has 1 heterocycles. The van der Waals surface area contributed by atoms with E-state index in [4.69, 9.17) is 17.0 Å². The van der Waals surface area contributed by atoms with E-state index >= 15 is 0 Å². The minimum absolute atomic E-state index is 0.143. The Balaban J connectivity index is 1.77. The maximum absolute atomic E-state index is 12.9. The van der Waals surface area contributed by atoms with Crippen LogP contribution in [0.5, 0.6) is 5.75 Å². The van der Waals surface area contributed by atoms with Crippen molar-refractivity contribution in [2.45, 2.75) is 26.9 Å². The van der Waals surface area contributed by atoms with Crippen LogP contribution in [-0.4, -0.2) is 47.1 Å². The number of aromatic nitrogens is 2. The second-order valence-electron chi connectivity index (χ2n) is 7.20. The van der Waals surface area contributed by atoms with E-state index in [0.717, 1.165) is 30.9 Å². The second-order valence-corrected chi connectivity index (χ2v) is 7.59. The summed E-state index contributed by atoms with van der Waals surface area (Å²) in [4.78, 5) is 30.9. The Labute approximate surface area is 186 Å². The van der Waals surface area contributed by atoms with Crippen LogP contribution < -0.4 is 15.6 Å². The predicted molar refractivity (Wildman–Crippen MR) is 125 cm³/mol. The normalized spacial score (nSPS) is 11.1. The largest absolute Gasteiger partial charge is 0.497 e. The van der Waals surface area contributed by atoms with Gasteiger partial charge in [-0.1, -0.05) is 26.0 Å². The number of H-pyrrole nitrogens is 1. The summed E-state index contributed by atoms with van der Waals surface area (Å²) in [6, 6.07) is 12.5. The number of fused-ring (bicyclic) bond motifs is 1. The van der Waals surface area contributed by atoms with Crippen LogP contribution in [-0.2, 0) is 13.1 Å². The van der Waals surface area contributed by atoms with Gasteiger partial charge >= 0.3 is 0 Å². The number of aromatic amines is 1. The van der Waals surface area contributed by atoms with Crippen LogP contribution in [0, 0.1) is 4.77 Å². The molecule has 0 radical (unpaired) electrons. The first-order valence-corrected chi connectivity index (χ1v) is 10.8. The SMILES string of the molecule is CCN(CC)CCn1c(=S)[nH]c2cc(C(=O)NCc3ccc(OC)cc3)ccc2c1=O. The molecule has 0 aliphatic rings. The molecule has 0 saturated heterocycles. The van der Waals surface area contributed by atoms with Crippen molar-refractivity contribution < 1.29 is 9.53 Å². The van der Waals surface area contributed by atoms with Crippen molar-refractivity contribution in [2.24, 2.45) is 0 Å². The van der Waals surface area contributed by atoms with Crippen LogP contribution in [0.25, 0.3) is 10.9 Å². The Morgan fingerprint density at radius 2 is 1.87 bits per heavy atom. The molecule has 0 atom stereocenters. The van der Waals surface area contributed by atoms with E-state index in [0.29, 0.717) is 34.3 Å². The number of nitrogens with zero attached hydrogens (tertiary/aromatic N) is 2. The predicted octanol–water partition coefficient (Wildman–Crippen LogP) is 3.34. The molecule has 2 N–H and O–H groups in total. The van der Waals surface area contributed by atoms with E-state index in [1.165, 1.54) is 0 Å². The lowest BCUT2D eigenvalue weighted by molar-refractivity contribution is 0.0951. The van der Waals surface area contributed by atoms with Crippen LogP contribution >= 0.6 is 12.2 Å². The second kappa shape index (κ2) is 10.4. The molecule has 164 valence electrons. The van der Waals surface area contributed by atoms with Gasteiger partial charge in [0.2, 0.25) is 0 Å². The first-order valence-electron chi connectivity index (χ1n) is 10.4. The van der Waals surface area contributed by atoms with Gasteiger partial charge in [0.15, 0.2) is 4.77 Å². The molecule has 0 unspecified atom stereocenters. The first kappa shape index (κ1) is 22.7. The smallest absolute Gasteiger partial charge is 0.262 e. The van der Waals surface area contributed by atoms with Crippen molar-refractivity contribution in [2.75, 3.05) is 26.7 Å². The molecule has 1 aromatic heterocycles. The summed E-state index contributed by atoms with van der Waals surface area (Å²) < 4.78 is 7.09. The number of ether oxygens (including phenoxy) is 1. The van der Waals surface area contributed by atoms with E-state index in [1.54, 1.807) is 29.9 Å². The third kappa shape index (κ3) is 5.39. The topological polar surface area (TPSA) is 79.4 Å². The van der Waals surface area contributed by atoms with Gasteiger partial charge in [0, 0.05) is 25.2 Å². The lowest BCUT2D eigenvalue weighted by Gasteiger charge is -2.18. The van der Waals surface area contributed by atoms with Gasteiger partial charge in [0.05, 0.1) is 18.0 Å². The molecule has 3 aromatic rings.